The Bertz CT molecular complexity index is 873. The molecule has 1 fully saturated rings. The fourth-order valence-corrected chi connectivity index (χ4v) is 2.74. The van der Waals surface area contributed by atoms with Gasteiger partial charge in [0, 0.05) is 0 Å². The number of hydrogen-bond acceptors (Lipinski definition) is 4. The van der Waals surface area contributed by atoms with Crippen molar-refractivity contribution in [2.24, 2.45) is 0 Å². The van der Waals surface area contributed by atoms with Crippen LogP contribution >= 0.6 is 0 Å². The van der Waals surface area contributed by atoms with E-state index >= 15 is 0 Å². The number of rotatable bonds is 2. The zero-order valence-electron chi connectivity index (χ0n) is 14.8. The van der Waals surface area contributed by atoms with E-state index in [4.69, 9.17) is 14.6 Å². The van der Waals surface area contributed by atoms with Crippen LogP contribution in [0.4, 0.5) is 0 Å². The van der Waals surface area contributed by atoms with Gasteiger partial charge in [-0.2, -0.15) is 10.5 Å². The van der Waals surface area contributed by atoms with Gasteiger partial charge < -0.3 is 9.31 Å². The van der Waals surface area contributed by atoms with Crippen LogP contribution in [-0.4, -0.2) is 18.3 Å². The summed E-state index contributed by atoms with van der Waals surface area (Å²) in [7, 11) is -0.518. The minimum Gasteiger partial charge on any atom is -0.399 e. The summed E-state index contributed by atoms with van der Waals surface area (Å²) in [5, 5.41) is 18.3. The predicted octanol–water partition coefficient (Wildman–Crippen LogP) is 3.40. The number of nitriles is 2. The van der Waals surface area contributed by atoms with E-state index in [0.717, 1.165) is 16.6 Å². The van der Waals surface area contributed by atoms with Gasteiger partial charge in [-0.1, -0.05) is 18.2 Å². The molecule has 0 saturated carbocycles. The fourth-order valence-electron chi connectivity index (χ4n) is 2.74. The van der Waals surface area contributed by atoms with Crippen molar-refractivity contribution in [1.29, 1.82) is 10.5 Å². The molecule has 0 N–H and O–H groups in total. The highest BCUT2D eigenvalue weighted by molar-refractivity contribution is 6.62. The van der Waals surface area contributed by atoms with Crippen molar-refractivity contribution < 1.29 is 9.31 Å². The summed E-state index contributed by atoms with van der Waals surface area (Å²) in [6.07, 6.45) is 0. The Morgan fingerprint density at radius 2 is 1.32 bits per heavy atom. The molecule has 4 nitrogen and oxygen atoms in total. The van der Waals surface area contributed by atoms with Crippen LogP contribution in [0.5, 0.6) is 0 Å². The Morgan fingerprint density at radius 3 is 1.84 bits per heavy atom. The predicted molar refractivity (Wildman–Crippen MR) is 97.0 cm³/mol. The molecule has 0 aliphatic carbocycles. The standard InChI is InChI=1S/C20H19BN2O2/c1-19(2)20(3,4)25-21(24-19)18-10-15(13-23)9-17(11-18)16-7-5-14(12-22)6-8-16/h5-11H,1-4H3. The molecule has 5 heteroatoms. The molecule has 0 radical (unpaired) electrons. The van der Waals surface area contributed by atoms with E-state index in [-0.39, 0.29) is 0 Å². The molecule has 1 aliphatic rings. The maximum absolute atomic E-state index is 9.39. The summed E-state index contributed by atoms with van der Waals surface area (Å²) < 4.78 is 12.2. The third-order valence-corrected chi connectivity index (χ3v) is 4.96. The monoisotopic (exact) mass is 330 g/mol. The molecule has 25 heavy (non-hydrogen) atoms. The van der Waals surface area contributed by atoms with Gasteiger partial charge in [-0.25, -0.2) is 0 Å². The molecule has 0 unspecified atom stereocenters. The van der Waals surface area contributed by atoms with Gasteiger partial charge >= 0.3 is 7.12 Å². The Kier molecular flexibility index (Phi) is 4.17. The van der Waals surface area contributed by atoms with Crippen LogP contribution in [-0.2, 0) is 9.31 Å². The molecule has 0 spiro atoms. The molecule has 2 aromatic rings. The first-order valence-electron chi connectivity index (χ1n) is 8.17. The zero-order chi connectivity index (χ0) is 18.2. The molecule has 0 bridgehead atoms. The van der Waals surface area contributed by atoms with Gasteiger partial charge in [0.25, 0.3) is 0 Å². The third kappa shape index (κ3) is 3.17. The summed E-state index contributed by atoms with van der Waals surface area (Å²) in [5.74, 6) is 0. The second kappa shape index (κ2) is 6.04. The van der Waals surface area contributed by atoms with Crippen molar-refractivity contribution in [3.63, 3.8) is 0 Å². The minimum absolute atomic E-state index is 0.436. The van der Waals surface area contributed by atoms with E-state index in [1.807, 2.05) is 52.0 Å². The summed E-state index contributed by atoms with van der Waals surface area (Å²) in [6, 6.07) is 17.2. The lowest BCUT2D eigenvalue weighted by Gasteiger charge is -2.32. The first-order chi connectivity index (χ1) is 11.8. The van der Waals surface area contributed by atoms with E-state index in [0.29, 0.717) is 11.1 Å². The Balaban J connectivity index is 2.02. The average molecular weight is 330 g/mol. The fraction of sp³-hybridized carbons (Fsp3) is 0.300. The maximum atomic E-state index is 9.39. The van der Waals surface area contributed by atoms with Gasteiger partial charge in [-0.15, -0.1) is 0 Å². The largest absolute Gasteiger partial charge is 0.494 e. The van der Waals surface area contributed by atoms with Gasteiger partial charge in [0.05, 0.1) is 34.5 Å². The van der Waals surface area contributed by atoms with Gasteiger partial charge in [-0.05, 0) is 68.6 Å². The molecule has 1 heterocycles. The molecule has 2 aromatic carbocycles. The quantitative estimate of drug-likeness (QED) is 0.792. The van der Waals surface area contributed by atoms with Crippen molar-refractivity contribution in [2.45, 2.75) is 38.9 Å². The van der Waals surface area contributed by atoms with Crippen LogP contribution in [0.15, 0.2) is 42.5 Å². The van der Waals surface area contributed by atoms with E-state index in [2.05, 4.69) is 12.1 Å². The molecule has 1 saturated heterocycles. The first-order valence-corrected chi connectivity index (χ1v) is 8.17. The Labute approximate surface area is 148 Å². The zero-order valence-corrected chi connectivity index (χ0v) is 14.8. The highest BCUT2D eigenvalue weighted by Crippen LogP contribution is 2.36. The second-order valence-corrected chi connectivity index (χ2v) is 7.23. The van der Waals surface area contributed by atoms with E-state index < -0.39 is 18.3 Å². The normalized spacial score (nSPS) is 17.8. The van der Waals surface area contributed by atoms with E-state index in [1.54, 1.807) is 18.2 Å². The second-order valence-electron chi connectivity index (χ2n) is 7.23. The van der Waals surface area contributed by atoms with Gasteiger partial charge in [-0.3, -0.25) is 0 Å². The third-order valence-electron chi connectivity index (χ3n) is 4.96. The van der Waals surface area contributed by atoms with E-state index in [9.17, 15) is 5.26 Å². The molecule has 0 amide bonds. The Morgan fingerprint density at radius 1 is 0.760 bits per heavy atom. The van der Waals surface area contributed by atoms with Crippen LogP contribution in [0.3, 0.4) is 0 Å². The summed E-state index contributed by atoms with van der Waals surface area (Å²) >= 11 is 0. The van der Waals surface area contributed by atoms with Crippen LogP contribution < -0.4 is 5.46 Å². The maximum Gasteiger partial charge on any atom is 0.494 e. The molecule has 124 valence electrons. The average Bonchev–Trinajstić information content (AvgIpc) is 2.82. The SMILES string of the molecule is CC1(C)OB(c2cc(C#N)cc(-c3ccc(C#N)cc3)c2)OC1(C)C. The number of hydrogen-bond donors (Lipinski definition) is 0. The molecular formula is C20H19BN2O2. The summed E-state index contributed by atoms with van der Waals surface area (Å²) in [5.41, 5.74) is 2.93. The lowest BCUT2D eigenvalue weighted by molar-refractivity contribution is 0.00578. The highest BCUT2D eigenvalue weighted by atomic mass is 16.7. The van der Waals surface area contributed by atoms with Crippen molar-refractivity contribution >= 4 is 12.6 Å². The molecule has 0 atom stereocenters. The summed E-state index contributed by atoms with van der Waals surface area (Å²) in [6.45, 7) is 8.01. The van der Waals surface area contributed by atoms with Crippen LogP contribution in [0, 0.1) is 22.7 Å². The molecular weight excluding hydrogens is 311 g/mol. The summed E-state index contributed by atoms with van der Waals surface area (Å²) in [4.78, 5) is 0. The van der Waals surface area contributed by atoms with Crippen LogP contribution in [0.2, 0.25) is 0 Å². The Hall–Kier alpha value is -2.60. The van der Waals surface area contributed by atoms with Crippen molar-refractivity contribution in [1.82, 2.24) is 0 Å². The molecule has 1 aliphatic heterocycles. The van der Waals surface area contributed by atoms with Crippen molar-refractivity contribution in [3.8, 4) is 23.3 Å². The molecule has 3 rings (SSSR count). The lowest BCUT2D eigenvalue weighted by Crippen LogP contribution is -2.41. The lowest BCUT2D eigenvalue weighted by atomic mass is 9.77. The highest BCUT2D eigenvalue weighted by Gasteiger charge is 2.51. The van der Waals surface area contributed by atoms with Gasteiger partial charge in [0.2, 0.25) is 0 Å². The number of benzene rings is 2. The first kappa shape index (κ1) is 17.2. The van der Waals surface area contributed by atoms with Crippen LogP contribution in [0.1, 0.15) is 38.8 Å². The van der Waals surface area contributed by atoms with Crippen molar-refractivity contribution in [3.05, 3.63) is 53.6 Å². The van der Waals surface area contributed by atoms with E-state index in [1.165, 1.54) is 0 Å². The topological polar surface area (TPSA) is 66.0 Å². The van der Waals surface area contributed by atoms with Crippen LogP contribution in [0.25, 0.3) is 11.1 Å². The smallest absolute Gasteiger partial charge is 0.399 e. The minimum atomic E-state index is -0.518. The van der Waals surface area contributed by atoms with Gasteiger partial charge in [0.1, 0.15) is 0 Å². The van der Waals surface area contributed by atoms with Crippen molar-refractivity contribution in [2.75, 3.05) is 0 Å². The number of nitrogens with zero attached hydrogens (tertiary/aromatic N) is 2. The molecule has 0 aromatic heterocycles. The van der Waals surface area contributed by atoms with Gasteiger partial charge in [0.15, 0.2) is 0 Å².